The Morgan fingerprint density at radius 2 is 2.27 bits per heavy atom. The van der Waals surface area contributed by atoms with Crippen LogP contribution in [-0.4, -0.2) is 28.9 Å². The molecule has 0 N–H and O–H groups in total. The Morgan fingerprint density at radius 1 is 1.64 bits per heavy atom. The number of aromatic nitrogens is 3. The minimum absolute atomic E-state index is 0.0278. The van der Waals surface area contributed by atoms with E-state index in [4.69, 9.17) is 0 Å². The van der Waals surface area contributed by atoms with Crippen molar-refractivity contribution in [3.8, 4) is 0 Å². The van der Waals surface area contributed by atoms with E-state index in [-0.39, 0.29) is 10.9 Å². The first kappa shape index (κ1) is 8.19. The Hall–Kier alpha value is -0.910. The number of hydrogen-bond donors (Lipinski definition) is 0. The predicted molar refractivity (Wildman–Crippen MR) is 37.6 cm³/mol. The van der Waals surface area contributed by atoms with Gasteiger partial charge in [0.15, 0.2) is 0 Å². The number of rotatable bonds is 2. The van der Waals surface area contributed by atoms with Crippen molar-refractivity contribution in [1.82, 2.24) is 14.8 Å². The van der Waals surface area contributed by atoms with Gasteiger partial charge >= 0.3 is 0 Å². The molecule has 1 rings (SSSR count). The highest BCUT2D eigenvalue weighted by atomic mass is 32.2. The van der Waals surface area contributed by atoms with E-state index in [9.17, 15) is 8.42 Å². The van der Waals surface area contributed by atoms with E-state index < -0.39 is 9.84 Å². The highest BCUT2D eigenvalue weighted by molar-refractivity contribution is 7.91. The molecule has 0 spiro atoms. The second-order valence-corrected chi connectivity index (χ2v) is 4.22. The highest BCUT2D eigenvalue weighted by Crippen LogP contribution is 2.03. The third kappa shape index (κ3) is 1.40. The van der Waals surface area contributed by atoms with Crippen LogP contribution in [0.4, 0.5) is 0 Å². The summed E-state index contributed by atoms with van der Waals surface area (Å²) in [6.07, 6.45) is 2.39. The van der Waals surface area contributed by atoms with Crippen LogP contribution >= 0.6 is 0 Å². The largest absolute Gasteiger partial charge is 0.298 e. The lowest BCUT2D eigenvalue weighted by molar-refractivity contribution is 0.579. The van der Waals surface area contributed by atoms with Gasteiger partial charge in [0.1, 0.15) is 0 Å². The molecule has 0 fully saturated rings. The lowest BCUT2D eigenvalue weighted by Crippen LogP contribution is -2.09. The van der Waals surface area contributed by atoms with Crippen LogP contribution in [0, 0.1) is 6.33 Å². The summed E-state index contributed by atoms with van der Waals surface area (Å²) in [5.41, 5.74) is 0. The van der Waals surface area contributed by atoms with Gasteiger partial charge in [0.2, 0.25) is 21.3 Å². The number of aryl methyl sites for hydroxylation is 1. The minimum atomic E-state index is -3.23. The Labute approximate surface area is 65.0 Å². The monoisotopic (exact) mass is 174 g/mol. The molecule has 0 aliphatic heterocycles. The van der Waals surface area contributed by atoms with Gasteiger partial charge in [0, 0.05) is 7.05 Å². The van der Waals surface area contributed by atoms with Crippen molar-refractivity contribution >= 4 is 9.84 Å². The normalized spacial score (nSPS) is 11.8. The van der Waals surface area contributed by atoms with Gasteiger partial charge < -0.3 is 0 Å². The smallest absolute Gasteiger partial charge is 0.249 e. The van der Waals surface area contributed by atoms with Crippen LogP contribution in [0.15, 0.2) is 5.16 Å². The molecular weight excluding hydrogens is 166 g/mol. The van der Waals surface area contributed by atoms with Crippen molar-refractivity contribution in [2.45, 2.75) is 12.1 Å². The van der Waals surface area contributed by atoms with Crippen LogP contribution in [-0.2, 0) is 16.9 Å². The molecule has 0 atom stereocenters. The van der Waals surface area contributed by atoms with Crippen LogP contribution < -0.4 is 0 Å². The summed E-state index contributed by atoms with van der Waals surface area (Å²) in [5.74, 6) is 0.0351. The maximum Gasteiger partial charge on any atom is 0.249 e. The van der Waals surface area contributed by atoms with E-state index >= 15 is 0 Å². The molecule has 1 aromatic heterocycles. The van der Waals surface area contributed by atoms with E-state index in [1.165, 1.54) is 4.57 Å². The van der Waals surface area contributed by atoms with Gasteiger partial charge in [-0.25, -0.2) is 8.42 Å². The quantitative estimate of drug-likeness (QED) is 0.601. The average molecular weight is 174 g/mol. The molecule has 0 unspecified atom stereocenters. The second-order valence-electron chi connectivity index (χ2n) is 2.05. The van der Waals surface area contributed by atoms with Gasteiger partial charge in [-0.3, -0.25) is 4.57 Å². The Morgan fingerprint density at radius 3 is 2.64 bits per heavy atom. The van der Waals surface area contributed by atoms with Crippen molar-refractivity contribution < 1.29 is 8.42 Å². The molecule has 0 amide bonds. The molecule has 6 heteroatoms. The van der Waals surface area contributed by atoms with Gasteiger partial charge in [0.25, 0.3) is 0 Å². The van der Waals surface area contributed by atoms with Crippen molar-refractivity contribution in [2.75, 3.05) is 5.75 Å². The van der Waals surface area contributed by atoms with Crippen molar-refractivity contribution in [2.24, 2.45) is 7.05 Å². The van der Waals surface area contributed by atoms with Gasteiger partial charge in [-0.05, 0) is 0 Å². The highest BCUT2D eigenvalue weighted by Gasteiger charge is 2.17. The number of nitrogens with zero attached hydrogens (tertiary/aromatic N) is 3. The third-order valence-corrected chi connectivity index (χ3v) is 2.95. The van der Waals surface area contributed by atoms with Crippen molar-refractivity contribution in [1.29, 1.82) is 0 Å². The van der Waals surface area contributed by atoms with Crippen LogP contribution in [0.1, 0.15) is 6.92 Å². The molecular formula is C5H8N3O2S. The van der Waals surface area contributed by atoms with E-state index in [2.05, 4.69) is 16.5 Å². The fourth-order valence-corrected chi connectivity index (χ4v) is 1.52. The standard InChI is InChI=1S/C5H8N3O2S/c1-3-11(9,10)5-7-6-4-8(5)2/h3H2,1-2H3. The molecule has 0 saturated carbocycles. The van der Waals surface area contributed by atoms with Crippen LogP contribution in [0.5, 0.6) is 0 Å². The van der Waals surface area contributed by atoms with Crippen LogP contribution in [0.2, 0.25) is 0 Å². The lowest BCUT2D eigenvalue weighted by atomic mass is 11.0. The maximum atomic E-state index is 11.1. The van der Waals surface area contributed by atoms with E-state index in [1.807, 2.05) is 0 Å². The van der Waals surface area contributed by atoms with Crippen LogP contribution in [0.3, 0.4) is 0 Å². The van der Waals surface area contributed by atoms with E-state index in [0.717, 1.165) is 0 Å². The molecule has 1 radical (unpaired) electrons. The fraction of sp³-hybridized carbons (Fsp3) is 0.600. The Balaban J connectivity index is 3.22. The lowest BCUT2D eigenvalue weighted by Gasteiger charge is -1.96. The van der Waals surface area contributed by atoms with Gasteiger partial charge in [-0.2, -0.15) is 0 Å². The average Bonchev–Trinajstić information content (AvgIpc) is 2.36. The Bertz CT molecular complexity index is 340. The first-order valence-corrected chi connectivity index (χ1v) is 4.73. The second kappa shape index (κ2) is 2.61. The van der Waals surface area contributed by atoms with Crippen LogP contribution in [0.25, 0.3) is 0 Å². The summed E-state index contributed by atoms with van der Waals surface area (Å²) in [7, 11) is -1.68. The molecule has 1 heterocycles. The fourth-order valence-electron chi connectivity index (χ4n) is 0.642. The minimum Gasteiger partial charge on any atom is -0.298 e. The van der Waals surface area contributed by atoms with Gasteiger partial charge in [0.05, 0.1) is 5.75 Å². The van der Waals surface area contributed by atoms with Gasteiger partial charge in [-0.15, -0.1) is 10.2 Å². The van der Waals surface area contributed by atoms with E-state index in [1.54, 1.807) is 14.0 Å². The molecule has 5 nitrogen and oxygen atoms in total. The predicted octanol–water partition coefficient (Wildman–Crippen LogP) is -0.591. The summed E-state index contributed by atoms with van der Waals surface area (Å²) >= 11 is 0. The molecule has 11 heavy (non-hydrogen) atoms. The van der Waals surface area contributed by atoms with Gasteiger partial charge in [-0.1, -0.05) is 6.92 Å². The zero-order chi connectivity index (χ0) is 8.48. The van der Waals surface area contributed by atoms with Crippen molar-refractivity contribution in [3.63, 3.8) is 0 Å². The number of sulfone groups is 1. The first-order valence-electron chi connectivity index (χ1n) is 3.07. The molecule has 61 valence electrons. The Kier molecular flexibility index (Phi) is 1.95. The zero-order valence-electron chi connectivity index (χ0n) is 6.27. The molecule has 0 bridgehead atoms. The molecule has 0 saturated heterocycles. The SMILES string of the molecule is CCS(=O)(=O)c1nn[c]n1C. The summed E-state index contributed by atoms with van der Waals surface area (Å²) < 4.78 is 23.5. The molecule has 0 aliphatic carbocycles. The maximum absolute atomic E-state index is 11.1. The topological polar surface area (TPSA) is 64.8 Å². The zero-order valence-corrected chi connectivity index (χ0v) is 7.09. The first-order chi connectivity index (χ1) is 5.08. The molecule has 0 aliphatic rings. The summed E-state index contributed by atoms with van der Waals surface area (Å²) in [4.78, 5) is 0. The van der Waals surface area contributed by atoms with Crippen molar-refractivity contribution in [3.05, 3.63) is 6.33 Å². The third-order valence-electron chi connectivity index (χ3n) is 1.28. The summed E-state index contributed by atoms with van der Waals surface area (Å²) in [5, 5.41) is 6.74. The van der Waals surface area contributed by atoms with E-state index in [0.29, 0.717) is 0 Å². The summed E-state index contributed by atoms with van der Waals surface area (Å²) in [6.45, 7) is 1.56. The molecule has 0 aromatic carbocycles. The molecule has 1 aromatic rings. The number of hydrogen-bond acceptors (Lipinski definition) is 4. The summed E-state index contributed by atoms with van der Waals surface area (Å²) in [6, 6.07) is 0.